The van der Waals surface area contributed by atoms with Crippen molar-refractivity contribution >= 4 is 33.1 Å². The fraction of sp³-hybridized carbons (Fsp3) is 0.227. The molecule has 0 atom stereocenters. The number of carbonyl (C=O) groups is 1. The Morgan fingerprint density at radius 1 is 1.14 bits per heavy atom. The predicted octanol–water partition coefficient (Wildman–Crippen LogP) is 5.42. The molecule has 0 spiro atoms. The van der Waals surface area contributed by atoms with Gasteiger partial charge in [0.15, 0.2) is 5.78 Å². The van der Waals surface area contributed by atoms with Crippen LogP contribution in [0.2, 0.25) is 0 Å². The van der Waals surface area contributed by atoms with Gasteiger partial charge in [-0.1, -0.05) is 65.7 Å². The van der Waals surface area contributed by atoms with Crippen molar-refractivity contribution in [1.29, 1.82) is 0 Å². The molecule has 144 valence electrons. The monoisotopic (exact) mass is 439 g/mol. The number of ketones is 1. The van der Waals surface area contributed by atoms with Crippen LogP contribution in [0.25, 0.3) is 11.3 Å². The van der Waals surface area contributed by atoms with Crippen LogP contribution in [-0.2, 0) is 6.54 Å². The second-order valence-corrected chi connectivity index (χ2v) is 7.45. The van der Waals surface area contributed by atoms with Gasteiger partial charge in [-0.3, -0.25) is 9.59 Å². The molecule has 0 unspecified atom stereocenters. The molecule has 1 N–H and O–H groups in total. The summed E-state index contributed by atoms with van der Waals surface area (Å²) in [6.07, 6.45) is 1.77. The first-order chi connectivity index (χ1) is 13.5. The highest BCUT2D eigenvalue weighted by atomic mass is 79.9. The van der Waals surface area contributed by atoms with Gasteiger partial charge in [0, 0.05) is 22.3 Å². The Morgan fingerprint density at radius 3 is 2.54 bits per heavy atom. The van der Waals surface area contributed by atoms with Crippen molar-refractivity contribution < 1.29 is 4.79 Å². The van der Waals surface area contributed by atoms with E-state index in [1.807, 2.05) is 54.6 Å². The first-order valence-electron chi connectivity index (χ1n) is 9.25. The molecule has 2 aromatic carbocycles. The Kier molecular flexibility index (Phi) is 6.41. The van der Waals surface area contributed by atoms with Gasteiger partial charge in [0.05, 0.1) is 5.56 Å². The van der Waals surface area contributed by atoms with E-state index in [1.54, 1.807) is 0 Å². The molecule has 0 saturated heterocycles. The Balaban J connectivity index is 2.25. The summed E-state index contributed by atoms with van der Waals surface area (Å²) in [5.74, 6) is -0.205. The number of unbranched alkanes of at least 4 members (excludes halogenated alkanes) is 1. The average Bonchev–Trinajstić information content (AvgIpc) is 2.69. The third-order valence-electron chi connectivity index (χ3n) is 4.37. The SMILES string of the molecule is CCCCn1nc(-c2ccccc2)c(C(C)=O)c(Nc2cccc(Br)c2)c1=O. The second-order valence-electron chi connectivity index (χ2n) is 6.54. The van der Waals surface area contributed by atoms with Gasteiger partial charge in [-0.05, 0) is 31.5 Å². The number of halogens is 1. The Labute approximate surface area is 172 Å². The van der Waals surface area contributed by atoms with Gasteiger partial charge in [-0.15, -0.1) is 0 Å². The molecule has 0 amide bonds. The number of aromatic nitrogens is 2. The van der Waals surface area contributed by atoms with Crippen molar-refractivity contribution in [1.82, 2.24) is 9.78 Å². The molecule has 28 heavy (non-hydrogen) atoms. The largest absolute Gasteiger partial charge is 0.350 e. The molecule has 1 heterocycles. The number of nitrogens with zero attached hydrogens (tertiary/aromatic N) is 2. The quantitative estimate of drug-likeness (QED) is 0.499. The zero-order valence-corrected chi connectivity index (χ0v) is 17.5. The van der Waals surface area contributed by atoms with Crippen LogP contribution in [0, 0.1) is 0 Å². The minimum Gasteiger partial charge on any atom is -0.350 e. The van der Waals surface area contributed by atoms with Crippen LogP contribution in [-0.4, -0.2) is 15.6 Å². The molecule has 5 nitrogen and oxygen atoms in total. The molecule has 6 heteroatoms. The first kappa shape index (κ1) is 20.0. The summed E-state index contributed by atoms with van der Waals surface area (Å²) in [6.45, 7) is 4.03. The molecular weight excluding hydrogens is 418 g/mol. The topological polar surface area (TPSA) is 64.0 Å². The lowest BCUT2D eigenvalue weighted by atomic mass is 10.0. The van der Waals surface area contributed by atoms with Crippen LogP contribution in [0.3, 0.4) is 0 Å². The van der Waals surface area contributed by atoms with Crippen LogP contribution in [0.1, 0.15) is 37.0 Å². The molecule has 0 radical (unpaired) electrons. The van der Waals surface area contributed by atoms with Crippen molar-refractivity contribution in [2.24, 2.45) is 0 Å². The van der Waals surface area contributed by atoms with Crippen molar-refractivity contribution in [3.05, 3.63) is 75.0 Å². The number of anilines is 2. The molecule has 0 fully saturated rings. The van der Waals surface area contributed by atoms with Gasteiger partial charge in [0.2, 0.25) is 0 Å². The maximum atomic E-state index is 13.1. The zero-order chi connectivity index (χ0) is 20.1. The number of Topliss-reactive ketones (excluding diaryl/α,β-unsaturated/α-hetero) is 1. The number of aryl methyl sites for hydroxylation is 1. The van der Waals surface area contributed by atoms with Crippen molar-refractivity contribution in [3.8, 4) is 11.3 Å². The standard InChI is InChI=1S/C22H22BrN3O2/c1-3-4-13-26-22(28)21(24-18-12-8-11-17(23)14-18)19(15(2)27)20(25-26)16-9-6-5-7-10-16/h5-12,14,24H,3-4,13H2,1-2H3. The number of carbonyl (C=O) groups excluding carboxylic acids is 1. The minimum atomic E-state index is -0.293. The van der Waals surface area contributed by atoms with Gasteiger partial charge < -0.3 is 5.32 Å². The normalized spacial score (nSPS) is 10.7. The van der Waals surface area contributed by atoms with E-state index in [0.29, 0.717) is 17.8 Å². The maximum absolute atomic E-state index is 13.1. The first-order valence-corrected chi connectivity index (χ1v) is 10.0. The van der Waals surface area contributed by atoms with Crippen molar-refractivity contribution in [3.63, 3.8) is 0 Å². The lowest BCUT2D eigenvalue weighted by Gasteiger charge is -2.17. The summed E-state index contributed by atoms with van der Waals surface area (Å²) in [5, 5.41) is 7.72. The average molecular weight is 440 g/mol. The number of hydrogen-bond acceptors (Lipinski definition) is 4. The summed E-state index contributed by atoms with van der Waals surface area (Å²) >= 11 is 3.44. The van der Waals surface area contributed by atoms with E-state index in [4.69, 9.17) is 0 Å². The predicted molar refractivity (Wildman–Crippen MR) is 116 cm³/mol. The van der Waals surface area contributed by atoms with Crippen LogP contribution in [0.5, 0.6) is 0 Å². The third kappa shape index (κ3) is 4.39. The van der Waals surface area contributed by atoms with E-state index in [9.17, 15) is 9.59 Å². The van der Waals surface area contributed by atoms with Gasteiger partial charge in [0.25, 0.3) is 5.56 Å². The summed E-state index contributed by atoms with van der Waals surface area (Å²) in [5.41, 5.74) is 2.32. The molecule has 0 aliphatic heterocycles. The molecule has 0 aliphatic carbocycles. The number of rotatable bonds is 7. The minimum absolute atomic E-state index is 0.205. The van der Waals surface area contributed by atoms with Gasteiger partial charge >= 0.3 is 0 Å². The smallest absolute Gasteiger partial charge is 0.291 e. The van der Waals surface area contributed by atoms with Crippen molar-refractivity contribution in [2.45, 2.75) is 33.2 Å². The Morgan fingerprint density at radius 2 is 1.89 bits per heavy atom. The van der Waals surface area contributed by atoms with E-state index < -0.39 is 0 Å². The molecule has 0 bridgehead atoms. The third-order valence-corrected chi connectivity index (χ3v) is 4.87. The summed E-state index contributed by atoms with van der Waals surface area (Å²) in [6, 6.07) is 17.0. The van der Waals surface area contributed by atoms with Gasteiger partial charge in [0.1, 0.15) is 11.4 Å². The summed E-state index contributed by atoms with van der Waals surface area (Å²) in [4.78, 5) is 25.7. The number of nitrogens with one attached hydrogen (secondary N) is 1. The van der Waals surface area contributed by atoms with Crippen LogP contribution >= 0.6 is 15.9 Å². The van der Waals surface area contributed by atoms with Crippen LogP contribution in [0.4, 0.5) is 11.4 Å². The van der Waals surface area contributed by atoms with E-state index in [-0.39, 0.29) is 17.0 Å². The lowest BCUT2D eigenvalue weighted by Crippen LogP contribution is -2.28. The Bertz CT molecular complexity index is 1050. The number of hydrogen-bond donors (Lipinski definition) is 1. The van der Waals surface area contributed by atoms with Gasteiger partial charge in [-0.2, -0.15) is 5.10 Å². The van der Waals surface area contributed by atoms with Crippen molar-refractivity contribution in [2.75, 3.05) is 5.32 Å². The molecule has 3 aromatic rings. The number of benzene rings is 2. The molecule has 3 rings (SSSR count). The highest BCUT2D eigenvalue weighted by Gasteiger charge is 2.22. The molecule has 0 saturated carbocycles. The van der Waals surface area contributed by atoms with E-state index in [1.165, 1.54) is 11.6 Å². The highest BCUT2D eigenvalue weighted by molar-refractivity contribution is 9.10. The zero-order valence-electron chi connectivity index (χ0n) is 15.9. The van der Waals surface area contributed by atoms with E-state index in [2.05, 4.69) is 33.3 Å². The molecule has 1 aromatic heterocycles. The fourth-order valence-electron chi connectivity index (χ4n) is 3.00. The van der Waals surface area contributed by atoms with Crippen LogP contribution in [0.15, 0.2) is 63.9 Å². The van der Waals surface area contributed by atoms with Gasteiger partial charge in [-0.25, -0.2) is 4.68 Å². The van der Waals surface area contributed by atoms with E-state index in [0.717, 1.165) is 28.6 Å². The summed E-state index contributed by atoms with van der Waals surface area (Å²) in [7, 11) is 0. The fourth-order valence-corrected chi connectivity index (χ4v) is 3.40. The lowest BCUT2D eigenvalue weighted by molar-refractivity contribution is 0.101. The molecular formula is C22H22BrN3O2. The van der Waals surface area contributed by atoms with E-state index >= 15 is 0 Å². The summed E-state index contributed by atoms with van der Waals surface area (Å²) < 4.78 is 2.34. The maximum Gasteiger partial charge on any atom is 0.291 e. The molecule has 0 aliphatic rings. The van der Waals surface area contributed by atoms with Crippen LogP contribution < -0.4 is 10.9 Å². The highest BCUT2D eigenvalue weighted by Crippen LogP contribution is 2.28. The second kappa shape index (κ2) is 8.97. The Hall–Kier alpha value is -2.73.